The summed E-state index contributed by atoms with van der Waals surface area (Å²) in [7, 11) is 0. The van der Waals surface area contributed by atoms with Crippen LogP contribution in [0.15, 0.2) is 0 Å². The Morgan fingerprint density at radius 3 is 1.16 bits per heavy atom. The zero-order valence-electron chi connectivity index (χ0n) is 39.6. The molecule has 0 saturated carbocycles. The van der Waals surface area contributed by atoms with Crippen molar-refractivity contribution in [2.45, 2.75) is 290 Å². The summed E-state index contributed by atoms with van der Waals surface area (Å²) in [4.78, 5) is 27.8. The van der Waals surface area contributed by atoms with Gasteiger partial charge >= 0.3 is 11.9 Å². The lowest BCUT2D eigenvalue weighted by Crippen LogP contribution is -2.27. The summed E-state index contributed by atoms with van der Waals surface area (Å²) in [5.41, 5.74) is 0. The third-order valence-corrected chi connectivity index (χ3v) is 12.2. The summed E-state index contributed by atoms with van der Waals surface area (Å²) < 4.78 is 11.6. The first-order chi connectivity index (χ1) is 28.6. The summed E-state index contributed by atoms with van der Waals surface area (Å²) in [5, 5.41) is 9.00. The second-order valence-corrected chi connectivity index (χ2v) is 18.0. The van der Waals surface area contributed by atoms with Crippen molar-refractivity contribution in [3.8, 4) is 0 Å². The van der Waals surface area contributed by atoms with E-state index >= 15 is 0 Å². The fourth-order valence-corrected chi connectivity index (χ4v) is 8.24. The van der Waals surface area contributed by atoms with Crippen LogP contribution >= 0.6 is 0 Å². The highest BCUT2D eigenvalue weighted by atomic mass is 16.5. The van der Waals surface area contributed by atoms with E-state index in [1.54, 1.807) is 0 Å². The highest BCUT2D eigenvalue weighted by Crippen LogP contribution is 2.19. The molecule has 346 valence electrons. The standard InChI is InChI=1S/C52H103NO5/c1-4-7-10-13-16-19-22-30-40-49-57-51(55)43-35-31-38-47-53(45-36-27-20-17-18-21-29-39-48-54)46-37-28-23-26-34-44-52(56)58-50(41-32-24-14-11-8-5-2)42-33-25-15-12-9-6-3/h50,54H,4-49H2,1-3H3. The van der Waals surface area contributed by atoms with E-state index in [1.807, 2.05) is 0 Å². The van der Waals surface area contributed by atoms with Crippen molar-refractivity contribution < 1.29 is 24.2 Å². The number of hydrogen-bond acceptors (Lipinski definition) is 6. The molecule has 0 rings (SSSR count). The van der Waals surface area contributed by atoms with Crippen LogP contribution in [0.5, 0.6) is 0 Å². The number of rotatable bonds is 49. The molecule has 6 heteroatoms. The molecular formula is C52H103NO5. The third-order valence-electron chi connectivity index (χ3n) is 12.2. The van der Waals surface area contributed by atoms with Crippen molar-refractivity contribution in [1.29, 1.82) is 0 Å². The lowest BCUT2D eigenvalue weighted by atomic mass is 10.0. The van der Waals surface area contributed by atoms with Crippen molar-refractivity contribution in [3.05, 3.63) is 0 Å². The Labute approximate surface area is 362 Å². The third kappa shape index (κ3) is 44.4. The Bertz CT molecular complexity index is 806. The highest BCUT2D eigenvalue weighted by molar-refractivity contribution is 5.69. The maximum absolute atomic E-state index is 12.8. The predicted molar refractivity (Wildman–Crippen MR) is 251 cm³/mol. The van der Waals surface area contributed by atoms with Crippen molar-refractivity contribution in [1.82, 2.24) is 4.90 Å². The van der Waals surface area contributed by atoms with Crippen LogP contribution in [-0.2, 0) is 19.1 Å². The largest absolute Gasteiger partial charge is 0.466 e. The number of hydrogen-bond donors (Lipinski definition) is 1. The normalized spacial score (nSPS) is 11.6. The first kappa shape index (κ1) is 56.9. The second-order valence-electron chi connectivity index (χ2n) is 18.0. The monoisotopic (exact) mass is 822 g/mol. The van der Waals surface area contributed by atoms with Gasteiger partial charge in [-0.05, 0) is 90.3 Å². The van der Waals surface area contributed by atoms with Crippen LogP contribution in [0.4, 0.5) is 0 Å². The molecule has 1 N–H and O–H groups in total. The molecule has 0 bridgehead atoms. The van der Waals surface area contributed by atoms with E-state index in [0.717, 1.165) is 77.3 Å². The van der Waals surface area contributed by atoms with Gasteiger partial charge in [-0.1, -0.05) is 201 Å². The van der Waals surface area contributed by atoms with E-state index in [9.17, 15) is 9.59 Å². The van der Waals surface area contributed by atoms with Crippen LogP contribution < -0.4 is 0 Å². The average Bonchev–Trinajstić information content (AvgIpc) is 3.22. The van der Waals surface area contributed by atoms with Crippen LogP contribution in [0, 0.1) is 0 Å². The van der Waals surface area contributed by atoms with Crippen molar-refractivity contribution in [3.63, 3.8) is 0 Å². The van der Waals surface area contributed by atoms with Crippen molar-refractivity contribution in [2.24, 2.45) is 0 Å². The summed E-state index contributed by atoms with van der Waals surface area (Å²) in [6.07, 6.45) is 49.0. The van der Waals surface area contributed by atoms with Crippen LogP contribution in [-0.4, -0.2) is 60.9 Å². The first-order valence-corrected chi connectivity index (χ1v) is 26.3. The molecular weight excluding hydrogens is 719 g/mol. The van der Waals surface area contributed by atoms with E-state index in [0.29, 0.717) is 26.1 Å². The van der Waals surface area contributed by atoms with Gasteiger partial charge in [0, 0.05) is 19.4 Å². The Kier molecular flexibility index (Phi) is 47.6. The number of aliphatic hydroxyl groups is 1. The van der Waals surface area contributed by atoms with Crippen LogP contribution in [0.3, 0.4) is 0 Å². The molecule has 6 nitrogen and oxygen atoms in total. The maximum Gasteiger partial charge on any atom is 0.306 e. The van der Waals surface area contributed by atoms with E-state index < -0.39 is 0 Å². The summed E-state index contributed by atoms with van der Waals surface area (Å²) in [6, 6.07) is 0. The number of ether oxygens (including phenoxy) is 2. The first-order valence-electron chi connectivity index (χ1n) is 26.3. The number of unbranched alkanes of at least 4 members (excludes halogenated alkanes) is 31. The molecule has 0 atom stereocenters. The van der Waals surface area contributed by atoms with Gasteiger partial charge in [-0.25, -0.2) is 0 Å². The zero-order chi connectivity index (χ0) is 42.3. The minimum absolute atomic E-state index is 0.0119. The van der Waals surface area contributed by atoms with E-state index in [2.05, 4.69) is 25.7 Å². The topological polar surface area (TPSA) is 76.1 Å². The minimum atomic E-state index is -0.0119. The van der Waals surface area contributed by atoms with Gasteiger partial charge in [0.25, 0.3) is 0 Å². The molecule has 0 unspecified atom stereocenters. The molecule has 0 radical (unpaired) electrons. The van der Waals surface area contributed by atoms with Gasteiger partial charge < -0.3 is 19.5 Å². The van der Waals surface area contributed by atoms with Crippen molar-refractivity contribution >= 4 is 11.9 Å². The van der Waals surface area contributed by atoms with Gasteiger partial charge in [-0.3, -0.25) is 9.59 Å². The Morgan fingerprint density at radius 2 is 0.724 bits per heavy atom. The quantitative estimate of drug-likeness (QED) is 0.0487. The molecule has 0 aromatic heterocycles. The Balaban J connectivity index is 4.39. The molecule has 0 heterocycles. The SMILES string of the molecule is CCCCCCCCCCCOC(=O)CCCCCN(CCCCCCCCCCO)CCCCCCCC(=O)OC(CCCCCCCC)CCCCCCCC. The second kappa shape index (κ2) is 48.5. The van der Waals surface area contributed by atoms with Gasteiger partial charge in [-0.15, -0.1) is 0 Å². The van der Waals surface area contributed by atoms with Crippen molar-refractivity contribution in [2.75, 3.05) is 32.8 Å². The summed E-state index contributed by atoms with van der Waals surface area (Å²) in [5.74, 6) is 0.0209. The number of nitrogens with zero attached hydrogens (tertiary/aromatic N) is 1. The van der Waals surface area contributed by atoms with Crippen LogP contribution in [0.2, 0.25) is 0 Å². The molecule has 0 aromatic rings. The maximum atomic E-state index is 12.8. The Morgan fingerprint density at radius 1 is 0.397 bits per heavy atom. The number of carbonyl (C=O) groups excluding carboxylic acids is 2. The lowest BCUT2D eigenvalue weighted by Gasteiger charge is -2.22. The van der Waals surface area contributed by atoms with Crippen LogP contribution in [0.1, 0.15) is 284 Å². The van der Waals surface area contributed by atoms with Gasteiger partial charge in [0.1, 0.15) is 6.10 Å². The van der Waals surface area contributed by atoms with E-state index in [4.69, 9.17) is 14.6 Å². The summed E-state index contributed by atoms with van der Waals surface area (Å²) >= 11 is 0. The van der Waals surface area contributed by atoms with E-state index in [1.165, 1.54) is 193 Å². The Hall–Kier alpha value is -1.14. The molecule has 0 amide bonds. The molecule has 0 fully saturated rings. The molecule has 0 aliphatic rings. The molecule has 0 spiro atoms. The van der Waals surface area contributed by atoms with Gasteiger partial charge in [0.05, 0.1) is 6.61 Å². The molecule has 0 aromatic carbocycles. The average molecular weight is 822 g/mol. The predicted octanol–water partition coefficient (Wildman–Crippen LogP) is 15.8. The van der Waals surface area contributed by atoms with Crippen LogP contribution in [0.25, 0.3) is 0 Å². The lowest BCUT2D eigenvalue weighted by molar-refractivity contribution is -0.150. The van der Waals surface area contributed by atoms with Gasteiger partial charge in [-0.2, -0.15) is 0 Å². The minimum Gasteiger partial charge on any atom is -0.466 e. The smallest absolute Gasteiger partial charge is 0.306 e. The highest BCUT2D eigenvalue weighted by Gasteiger charge is 2.14. The molecule has 0 aliphatic heterocycles. The van der Waals surface area contributed by atoms with Gasteiger partial charge in [0.15, 0.2) is 0 Å². The fraction of sp³-hybridized carbons (Fsp3) is 0.962. The van der Waals surface area contributed by atoms with E-state index in [-0.39, 0.29) is 18.0 Å². The van der Waals surface area contributed by atoms with Gasteiger partial charge in [0.2, 0.25) is 0 Å². The molecule has 0 aliphatic carbocycles. The zero-order valence-corrected chi connectivity index (χ0v) is 39.6. The fourth-order valence-electron chi connectivity index (χ4n) is 8.24. The number of aliphatic hydroxyl groups excluding tert-OH is 1. The number of esters is 2. The molecule has 0 saturated heterocycles. The number of carbonyl (C=O) groups is 2. The summed E-state index contributed by atoms with van der Waals surface area (Å²) in [6.45, 7) is 11.2. The molecule has 58 heavy (non-hydrogen) atoms.